The van der Waals surface area contributed by atoms with Gasteiger partial charge in [-0.3, -0.25) is 15.1 Å². The Kier molecular flexibility index (Phi) is 4.29. The van der Waals surface area contributed by atoms with Gasteiger partial charge in [0.25, 0.3) is 0 Å². The summed E-state index contributed by atoms with van der Waals surface area (Å²) >= 11 is 0. The lowest BCUT2D eigenvalue weighted by Crippen LogP contribution is -1.96. The third-order valence-electron chi connectivity index (χ3n) is 4.87. The van der Waals surface area contributed by atoms with Gasteiger partial charge < -0.3 is 4.74 Å². The molecule has 1 aromatic heterocycles. The van der Waals surface area contributed by atoms with Crippen LogP contribution in [0, 0.1) is 10.1 Å². The molecule has 0 aliphatic heterocycles. The molecule has 5 rings (SSSR count). The van der Waals surface area contributed by atoms with Crippen LogP contribution in [0.3, 0.4) is 0 Å². The fourth-order valence-corrected chi connectivity index (χ4v) is 3.41. The zero-order valence-corrected chi connectivity index (χ0v) is 15.7. The predicted octanol–water partition coefficient (Wildman–Crippen LogP) is 6.15. The van der Waals surface area contributed by atoms with E-state index in [0.717, 1.165) is 21.8 Å². The molecule has 4 aromatic carbocycles. The Hall–Kier alpha value is -4.32. The van der Waals surface area contributed by atoms with Crippen LogP contribution in [0.4, 0.5) is 5.69 Å². The molecule has 0 unspecified atom stereocenters. The topological polar surface area (TPSA) is 78.2 Å². The Labute approximate surface area is 171 Å². The monoisotopic (exact) mass is 393 g/mol. The number of hydrogen-bond acceptors (Lipinski definition) is 5. The van der Waals surface area contributed by atoms with Gasteiger partial charge in [-0.25, -0.2) is 4.98 Å². The minimum absolute atomic E-state index is 0.129. The number of hydrogen-bond donors (Lipinski definition) is 0. The smallest absolute Gasteiger partial charge is 0.312 e. The molecule has 0 amide bonds. The van der Waals surface area contributed by atoms with Crippen LogP contribution in [0.5, 0.6) is 11.5 Å². The van der Waals surface area contributed by atoms with Crippen molar-refractivity contribution in [3.05, 3.63) is 101 Å². The van der Waals surface area contributed by atoms with E-state index in [1.165, 1.54) is 6.07 Å². The lowest BCUT2D eigenvalue weighted by Gasteiger charge is -2.10. The Balaban J connectivity index is 1.57. The first kappa shape index (κ1) is 17.8. The molecular weight excluding hydrogens is 378 g/mol. The summed E-state index contributed by atoms with van der Waals surface area (Å²) in [4.78, 5) is 20.3. The molecule has 5 aromatic rings. The fraction of sp³-hybridized carbons (Fsp3) is 0. The van der Waals surface area contributed by atoms with Gasteiger partial charge >= 0.3 is 5.69 Å². The van der Waals surface area contributed by atoms with Gasteiger partial charge in [0.1, 0.15) is 5.75 Å². The molecule has 0 bridgehead atoms. The molecule has 0 aliphatic carbocycles. The zero-order chi connectivity index (χ0) is 20.5. The summed E-state index contributed by atoms with van der Waals surface area (Å²) in [6.45, 7) is 0. The number of fused-ring (bicyclic) bond motifs is 2. The van der Waals surface area contributed by atoms with Gasteiger partial charge in [-0.1, -0.05) is 48.5 Å². The van der Waals surface area contributed by atoms with E-state index >= 15 is 0 Å². The number of para-hydroxylation sites is 2. The van der Waals surface area contributed by atoms with E-state index in [9.17, 15) is 10.1 Å². The van der Waals surface area contributed by atoms with Crippen molar-refractivity contribution >= 4 is 27.5 Å². The maximum absolute atomic E-state index is 11.8. The van der Waals surface area contributed by atoms with Crippen molar-refractivity contribution in [3.8, 4) is 22.8 Å². The summed E-state index contributed by atoms with van der Waals surface area (Å²) in [5, 5.41) is 13.6. The van der Waals surface area contributed by atoms with E-state index in [1.54, 1.807) is 24.4 Å². The summed E-state index contributed by atoms with van der Waals surface area (Å²) in [5.74, 6) is 0.739. The molecule has 144 valence electrons. The lowest BCUT2D eigenvalue weighted by molar-refractivity contribution is -0.385. The SMILES string of the molecule is O=[N+]([O-])c1cc(-c2cnc3ccccc3n2)ccc1Oc1cccc2ccccc12. The van der Waals surface area contributed by atoms with Gasteiger partial charge in [-0.05, 0) is 35.7 Å². The standard InChI is InChI=1S/C24H15N3O3/c28-27(29)22-14-17(21-15-25-19-9-3-4-10-20(19)26-21)12-13-24(22)30-23-11-5-7-16-6-1-2-8-18(16)23/h1-15H. The van der Waals surface area contributed by atoms with E-state index in [4.69, 9.17) is 4.74 Å². The van der Waals surface area contributed by atoms with Crippen LogP contribution in [0.2, 0.25) is 0 Å². The van der Waals surface area contributed by atoms with Crippen molar-refractivity contribution in [2.45, 2.75) is 0 Å². The van der Waals surface area contributed by atoms with Crippen molar-refractivity contribution < 1.29 is 9.66 Å². The van der Waals surface area contributed by atoms with E-state index in [1.807, 2.05) is 60.7 Å². The van der Waals surface area contributed by atoms with Crippen molar-refractivity contribution in [1.82, 2.24) is 9.97 Å². The van der Waals surface area contributed by atoms with Gasteiger partial charge in [0.15, 0.2) is 0 Å². The summed E-state index contributed by atoms with van der Waals surface area (Å²) in [6, 6.07) is 25.7. The third kappa shape index (κ3) is 3.20. The maximum Gasteiger partial charge on any atom is 0.312 e. The molecule has 0 N–H and O–H groups in total. The minimum atomic E-state index is -0.446. The number of ether oxygens (including phenoxy) is 1. The van der Waals surface area contributed by atoms with Crippen LogP contribution in [-0.2, 0) is 0 Å². The highest BCUT2D eigenvalue weighted by molar-refractivity contribution is 5.88. The van der Waals surface area contributed by atoms with Crippen LogP contribution in [0.15, 0.2) is 91.1 Å². The Morgan fingerprint density at radius 3 is 2.43 bits per heavy atom. The molecule has 6 heteroatoms. The quantitative estimate of drug-likeness (QED) is 0.270. The first-order valence-corrected chi connectivity index (χ1v) is 9.35. The van der Waals surface area contributed by atoms with Crippen LogP contribution in [0.1, 0.15) is 0 Å². The van der Waals surface area contributed by atoms with E-state index in [-0.39, 0.29) is 11.4 Å². The molecule has 0 saturated carbocycles. The van der Waals surface area contributed by atoms with Gasteiger partial charge in [0.05, 0.1) is 27.8 Å². The van der Waals surface area contributed by atoms with Crippen LogP contribution in [0.25, 0.3) is 33.1 Å². The first-order chi connectivity index (χ1) is 14.7. The normalized spacial score (nSPS) is 10.9. The summed E-state index contributed by atoms with van der Waals surface area (Å²) in [6.07, 6.45) is 1.62. The summed E-state index contributed by atoms with van der Waals surface area (Å²) < 4.78 is 5.97. The number of nitrogens with zero attached hydrogens (tertiary/aromatic N) is 3. The Morgan fingerprint density at radius 2 is 1.57 bits per heavy atom. The molecule has 0 saturated heterocycles. The minimum Gasteiger partial charge on any atom is -0.449 e. The third-order valence-corrected chi connectivity index (χ3v) is 4.87. The van der Waals surface area contributed by atoms with Crippen molar-refractivity contribution in [3.63, 3.8) is 0 Å². The average Bonchev–Trinajstić information content (AvgIpc) is 2.79. The van der Waals surface area contributed by atoms with E-state index in [2.05, 4.69) is 9.97 Å². The number of rotatable bonds is 4. The Bertz CT molecular complexity index is 1410. The molecule has 1 heterocycles. The summed E-state index contributed by atoms with van der Waals surface area (Å²) in [7, 11) is 0. The predicted molar refractivity (Wildman–Crippen MR) is 116 cm³/mol. The average molecular weight is 393 g/mol. The number of benzene rings is 4. The number of aromatic nitrogens is 2. The van der Waals surface area contributed by atoms with Gasteiger partial charge in [0, 0.05) is 17.0 Å². The fourth-order valence-electron chi connectivity index (χ4n) is 3.41. The zero-order valence-electron chi connectivity index (χ0n) is 15.7. The van der Waals surface area contributed by atoms with Crippen LogP contribution in [-0.4, -0.2) is 14.9 Å². The largest absolute Gasteiger partial charge is 0.449 e. The van der Waals surface area contributed by atoms with Crippen molar-refractivity contribution in [2.75, 3.05) is 0 Å². The van der Waals surface area contributed by atoms with Gasteiger partial charge in [0.2, 0.25) is 5.75 Å². The van der Waals surface area contributed by atoms with E-state index in [0.29, 0.717) is 17.0 Å². The second kappa shape index (κ2) is 7.25. The maximum atomic E-state index is 11.8. The summed E-state index contributed by atoms with van der Waals surface area (Å²) in [5.41, 5.74) is 2.54. The molecule has 30 heavy (non-hydrogen) atoms. The van der Waals surface area contributed by atoms with Crippen LogP contribution >= 0.6 is 0 Å². The van der Waals surface area contributed by atoms with Crippen LogP contribution < -0.4 is 4.74 Å². The van der Waals surface area contributed by atoms with Crippen molar-refractivity contribution in [1.29, 1.82) is 0 Å². The van der Waals surface area contributed by atoms with Crippen molar-refractivity contribution in [2.24, 2.45) is 0 Å². The highest BCUT2D eigenvalue weighted by atomic mass is 16.6. The molecule has 0 aliphatic rings. The lowest BCUT2D eigenvalue weighted by atomic mass is 10.1. The highest BCUT2D eigenvalue weighted by Crippen LogP contribution is 2.37. The highest BCUT2D eigenvalue weighted by Gasteiger charge is 2.19. The molecular formula is C24H15N3O3. The second-order valence-corrected chi connectivity index (χ2v) is 6.76. The Morgan fingerprint density at radius 1 is 0.800 bits per heavy atom. The first-order valence-electron chi connectivity index (χ1n) is 9.35. The number of nitro benzene ring substituents is 1. The van der Waals surface area contributed by atoms with Gasteiger partial charge in [-0.15, -0.1) is 0 Å². The van der Waals surface area contributed by atoms with E-state index < -0.39 is 4.92 Å². The molecule has 0 atom stereocenters. The molecule has 0 radical (unpaired) electrons. The second-order valence-electron chi connectivity index (χ2n) is 6.76. The molecule has 6 nitrogen and oxygen atoms in total. The van der Waals surface area contributed by atoms with Gasteiger partial charge in [-0.2, -0.15) is 0 Å². The number of nitro groups is 1. The molecule has 0 fully saturated rings. The molecule has 0 spiro atoms.